The maximum atomic E-state index is 2.41. The lowest BCUT2D eigenvalue weighted by atomic mass is 10.0. The SMILES string of the molecule is C/C=C(/C)CC/C=C(\C)CC/C=C(\C)CCC=CCC. The first kappa shape index (κ1) is 19.0. The van der Waals surface area contributed by atoms with Gasteiger partial charge in [-0.25, -0.2) is 0 Å². The van der Waals surface area contributed by atoms with Crippen molar-refractivity contribution < 1.29 is 0 Å². The molecule has 0 aliphatic carbocycles. The molecule has 0 N–H and O–H groups in total. The Kier molecular flexibility index (Phi) is 12.3. The fourth-order valence-electron chi connectivity index (χ4n) is 2.04. The van der Waals surface area contributed by atoms with Crippen LogP contribution >= 0.6 is 0 Å². The molecule has 0 fully saturated rings. The monoisotopic (exact) mass is 274 g/mol. The van der Waals surface area contributed by atoms with Gasteiger partial charge in [-0.05, 0) is 72.6 Å². The van der Waals surface area contributed by atoms with E-state index < -0.39 is 0 Å². The van der Waals surface area contributed by atoms with E-state index in [2.05, 4.69) is 65.0 Å². The minimum absolute atomic E-state index is 1.15. The van der Waals surface area contributed by atoms with Crippen molar-refractivity contribution >= 4 is 0 Å². The van der Waals surface area contributed by atoms with Gasteiger partial charge in [0.1, 0.15) is 0 Å². The first-order valence-corrected chi connectivity index (χ1v) is 8.18. The highest BCUT2D eigenvalue weighted by atomic mass is 14.0. The minimum Gasteiger partial charge on any atom is -0.0888 e. The van der Waals surface area contributed by atoms with Crippen LogP contribution in [0.1, 0.15) is 79.6 Å². The summed E-state index contributed by atoms with van der Waals surface area (Å²) in [6.07, 6.45) is 19.9. The maximum absolute atomic E-state index is 2.41. The topological polar surface area (TPSA) is 0 Å². The molecule has 0 unspecified atom stereocenters. The summed E-state index contributed by atoms with van der Waals surface area (Å²) >= 11 is 0. The van der Waals surface area contributed by atoms with Gasteiger partial charge in [-0.1, -0.05) is 54.0 Å². The van der Waals surface area contributed by atoms with E-state index in [0.717, 1.165) is 6.42 Å². The van der Waals surface area contributed by atoms with Gasteiger partial charge in [0, 0.05) is 0 Å². The summed E-state index contributed by atoms with van der Waals surface area (Å²) in [4.78, 5) is 0. The van der Waals surface area contributed by atoms with Gasteiger partial charge < -0.3 is 0 Å². The van der Waals surface area contributed by atoms with Crippen molar-refractivity contribution in [1.29, 1.82) is 0 Å². The third-order valence-electron chi connectivity index (χ3n) is 3.66. The summed E-state index contributed by atoms with van der Waals surface area (Å²) in [7, 11) is 0. The van der Waals surface area contributed by atoms with Gasteiger partial charge in [-0.2, -0.15) is 0 Å². The molecule has 0 spiro atoms. The number of hydrogen-bond acceptors (Lipinski definition) is 0. The van der Waals surface area contributed by atoms with Gasteiger partial charge in [-0.15, -0.1) is 0 Å². The smallest absolute Gasteiger partial charge is 0.0288 e. The molecule has 0 aromatic rings. The Morgan fingerprint density at radius 3 is 1.70 bits per heavy atom. The van der Waals surface area contributed by atoms with E-state index in [9.17, 15) is 0 Å². The summed E-state index contributed by atoms with van der Waals surface area (Å²) in [6, 6.07) is 0. The Morgan fingerprint density at radius 2 is 1.20 bits per heavy atom. The molecule has 0 saturated heterocycles. The standard InChI is InChI=1S/C20H34/c1-6-8-9-10-13-19(4)16-12-17-20(5)15-11-14-18(3)7-2/h7-9,15-16H,6,10-14,17H2,1-5H3/b9-8?,18-7-,19-16+,20-15+. The summed E-state index contributed by atoms with van der Waals surface area (Å²) in [5, 5.41) is 0. The molecule has 0 aromatic carbocycles. The van der Waals surface area contributed by atoms with Crippen LogP contribution in [-0.2, 0) is 0 Å². The molecule has 0 radical (unpaired) electrons. The molecule has 0 aliphatic rings. The van der Waals surface area contributed by atoms with E-state index in [1.807, 2.05) is 0 Å². The van der Waals surface area contributed by atoms with Crippen molar-refractivity contribution in [3.8, 4) is 0 Å². The highest BCUT2D eigenvalue weighted by Gasteiger charge is 1.92. The second-order valence-corrected chi connectivity index (χ2v) is 5.73. The fraction of sp³-hybridized carbons (Fsp3) is 0.600. The lowest BCUT2D eigenvalue weighted by molar-refractivity contribution is 0.900. The number of rotatable bonds is 10. The second kappa shape index (κ2) is 13.0. The first-order chi connectivity index (χ1) is 9.60. The van der Waals surface area contributed by atoms with E-state index in [1.54, 1.807) is 0 Å². The summed E-state index contributed by atoms with van der Waals surface area (Å²) in [6.45, 7) is 11.0. The van der Waals surface area contributed by atoms with E-state index in [4.69, 9.17) is 0 Å². The molecular formula is C20H34. The molecule has 0 rings (SSSR count). The van der Waals surface area contributed by atoms with Gasteiger partial charge in [-0.3, -0.25) is 0 Å². The molecule has 0 heterocycles. The first-order valence-electron chi connectivity index (χ1n) is 8.18. The average Bonchev–Trinajstić information content (AvgIpc) is 2.43. The zero-order valence-electron chi connectivity index (χ0n) is 14.3. The fourth-order valence-corrected chi connectivity index (χ4v) is 2.04. The van der Waals surface area contributed by atoms with E-state index in [-0.39, 0.29) is 0 Å². The van der Waals surface area contributed by atoms with Crippen molar-refractivity contribution in [3.05, 3.63) is 47.1 Å². The van der Waals surface area contributed by atoms with Crippen LogP contribution in [0.5, 0.6) is 0 Å². The Balaban J connectivity index is 3.85. The molecule has 0 aliphatic heterocycles. The lowest BCUT2D eigenvalue weighted by Gasteiger charge is -2.02. The van der Waals surface area contributed by atoms with Crippen molar-refractivity contribution in [3.63, 3.8) is 0 Å². The molecule has 114 valence electrons. The molecule has 0 atom stereocenters. The van der Waals surface area contributed by atoms with Crippen LogP contribution in [0.15, 0.2) is 47.1 Å². The van der Waals surface area contributed by atoms with E-state index in [1.165, 1.54) is 55.2 Å². The molecule has 20 heavy (non-hydrogen) atoms. The van der Waals surface area contributed by atoms with E-state index >= 15 is 0 Å². The van der Waals surface area contributed by atoms with Gasteiger partial charge in [0.2, 0.25) is 0 Å². The third kappa shape index (κ3) is 12.0. The van der Waals surface area contributed by atoms with Crippen molar-refractivity contribution in [1.82, 2.24) is 0 Å². The zero-order chi connectivity index (χ0) is 15.2. The highest BCUT2D eigenvalue weighted by Crippen LogP contribution is 2.12. The molecule has 0 nitrogen and oxygen atoms in total. The minimum atomic E-state index is 1.15. The molecule has 0 amide bonds. The van der Waals surface area contributed by atoms with Crippen LogP contribution in [0.4, 0.5) is 0 Å². The second-order valence-electron chi connectivity index (χ2n) is 5.73. The van der Waals surface area contributed by atoms with Crippen molar-refractivity contribution in [2.75, 3.05) is 0 Å². The average molecular weight is 274 g/mol. The van der Waals surface area contributed by atoms with Crippen molar-refractivity contribution in [2.24, 2.45) is 0 Å². The van der Waals surface area contributed by atoms with Crippen LogP contribution in [0.2, 0.25) is 0 Å². The lowest BCUT2D eigenvalue weighted by Crippen LogP contribution is -1.81. The summed E-state index contributed by atoms with van der Waals surface area (Å²) in [5.74, 6) is 0. The summed E-state index contributed by atoms with van der Waals surface area (Å²) < 4.78 is 0. The Hall–Kier alpha value is -1.04. The Labute approximate surface area is 127 Å². The predicted molar refractivity (Wildman–Crippen MR) is 94.1 cm³/mol. The largest absolute Gasteiger partial charge is 0.0888 e. The quantitative estimate of drug-likeness (QED) is 0.371. The maximum Gasteiger partial charge on any atom is -0.0288 e. The normalized spacial score (nSPS) is 14.3. The molecule has 0 aromatic heterocycles. The zero-order valence-corrected chi connectivity index (χ0v) is 14.3. The van der Waals surface area contributed by atoms with Crippen LogP contribution < -0.4 is 0 Å². The van der Waals surface area contributed by atoms with Gasteiger partial charge >= 0.3 is 0 Å². The molecule has 0 heteroatoms. The number of hydrogen-bond donors (Lipinski definition) is 0. The van der Waals surface area contributed by atoms with Crippen LogP contribution in [-0.4, -0.2) is 0 Å². The number of allylic oxidation sites excluding steroid dienone is 8. The molecular weight excluding hydrogens is 240 g/mol. The summed E-state index contributed by atoms with van der Waals surface area (Å²) in [5.41, 5.74) is 4.55. The Bertz CT molecular complexity index is 350. The molecule has 0 saturated carbocycles. The van der Waals surface area contributed by atoms with Gasteiger partial charge in [0.05, 0.1) is 0 Å². The predicted octanol–water partition coefficient (Wildman–Crippen LogP) is 7.15. The highest BCUT2D eigenvalue weighted by molar-refractivity contribution is 5.06. The van der Waals surface area contributed by atoms with Gasteiger partial charge in [0.15, 0.2) is 0 Å². The van der Waals surface area contributed by atoms with Crippen LogP contribution in [0.25, 0.3) is 0 Å². The van der Waals surface area contributed by atoms with E-state index in [0.29, 0.717) is 0 Å². The Morgan fingerprint density at radius 1 is 0.700 bits per heavy atom. The van der Waals surface area contributed by atoms with Crippen LogP contribution in [0, 0.1) is 0 Å². The third-order valence-corrected chi connectivity index (χ3v) is 3.66. The van der Waals surface area contributed by atoms with Gasteiger partial charge in [0.25, 0.3) is 0 Å². The molecule has 0 bridgehead atoms. The van der Waals surface area contributed by atoms with Crippen LogP contribution in [0.3, 0.4) is 0 Å². The van der Waals surface area contributed by atoms with Crippen molar-refractivity contribution in [2.45, 2.75) is 79.6 Å².